The lowest BCUT2D eigenvalue weighted by atomic mass is 10.4. The van der Waals surface area contributed by atoms with E-state index in [0.717, 1.165) is 6.47 Å². The highest BCUT2D eigenvalue weighted by Crippen LogP contribution is 2.22. The van der Waals surface area contributed by atoms with Gasteiger partial charge in [-0.15, -0.1) is 0 Å². The average Bonchev–Trinajstić information content (AvgIpc) is 2.56. The SMILES string of the molecule is O=[C]OCCS(=O)(=O)c1ccc(S(=O)(=O)c2ccccc2)cc1. The van der Waals surface area contributed by atoms with E-state index >= 15 is 0 Å². The molecule has 1 radical (unpaired) electrons. The minimum Gasteiger partial charge on any atom is -0.456 e. The number of ether oxygens (including phenoxy) is 1. The molecule has 0 N–H and O–H groups in total. The Labute approximate surface area is 134 Å². The summed E-state index contributed by atoms with van der Waals surface area (Å²) >= 11 is 0. The van der Waals surface area contributed by atoms with Crippen molar-refractivity contribution in [2.24, 2.45) is 0 Å². The highest BCUT2D eigenvalue weighted by Gasteiger charge is 2.19. The fraction of sp³-hybridized carbons (Fsp3) is 0.133. The highest BCUT2D eigenvalue weighted by molar-refractivity contribution is 7.92. The Bertz CT molecular complexity index is 869. The molecule has 0 unspecified atom stereocenters. The van der Waals surface area contributed by atoms with Crippen molar-refractivity contribution in [3.8, 4) is 0 Å². The van der Waals surface area contributed by atoms with Crippen molar-refractivity contribution in [1.82, 2.24) is 0 Å². The molecule has 0 bridgehead atoms. The molecule has 0 atom stereocenters. The maximum absolute atomic E-state index is 12.4. The maximum atomic E-state index is 12.4. The highest BCUT2D eigenvalue weighted by atomic mass is 32.2. The molecule has 2 aromatic carbocycles. The van der Waals surface area contributed by atoms with Crippen molar-refractivity contribution in [1.29, 1.82) is 0 Å². The smallest absolute Gasteiger partial charge is 0.417 e. The lowest BCUT2D eigenvalue weighted by Crippen LogP contribution is -2.12. The lowest BCUT2D eigenvalue weighted by Gasteiger charge is -2.07. The van der Waals surface area contributed by atoms with Gasteiger partial charge in [-0.05, 0) is 36.4 Å². The number of sulfone groups is 2. The standard InChI is InChI=1S/C15H13O6S2/c16-12-21-10-11-22(17,18)13-6-8-15(9-7-13)23(19,20)14-4-2-1-3-5-14/h1-9H,10-11H2. The molecule has 2 aromatic rings. The van der Waals surface area contributed by atoms with Crippen LogP contribution in [-0.4, -0.2) is 35.7 Å². The molecule has 0 aliphatic rings. The molecule has 0 saturated heterocycles. The van der Waals surface area contributed by atoms with Crippen LogP contribution in [0.1, 0.15) is 0 Å². The summed E-state index contributed by atoms with van der Waals surface area (Å²) in [6, 6.07) is 12.8. The Morgan fingerprint density at radius 1 is 0.783 bits per heavy atom. The van der Waals surface area contributed by atoms with Crippen molar-refractivity contribution in [2.75, 3.05) is 12.4 Å². The normalized spacial score (nSPS) is 11.8. The molecule has 0 saturated carbocycles. The Morgan fingerprint density at radius 2 is 1.30 bits per heavy atom. The van der Waals surface area contributed by atoms with Gasteiger partial charge in [-0.25, -0.2) is 21.6 Å². The summed E-state index contributed by atoms with van der Waals surface area (Å²) in [5.74, 6) is -0.396. The second kappa shape index (κ2) is 6.93. The summed E-state index contributed by atoms with van der Waals surface area (Å²) in [6.07, 6.45) is 0. The fourth-order valence-corrected chi connectivity index (χ4v) is 4.24. The quantitative estimate of drug-likeness (QED) is 0.698. The van der Waals surface area contributed by atoms with Crippen molar-refractivity contribution >= 4 is 26.1 Å². The van der Waals surface area contributed by atoms with Crippen molar-refractivity contribution in [3.63, 3.8) is 0 Å². The third-order valence-corrected chi connectivity index (χ3v) is 6.54. The van der Waals surface area contributed by atoms with E-state index in [1.807, 2.05) is 0 Å². The third-order valence-electron chi connectivity index (χ3n) is 3.06. The van der Waals surface area contributed by atoms with Gasteiger partial charge in [0.05, 0.1) is 20.4 Å². The van der Waals surface area contributed by atoms with E-state index in [1.165, 1.54) is 36.4 Å². The van der Waals surface area contributed by atoms with E-state index in [-0.39, 0.29) is 21.3 Å². The molecule has 121 valence electrons. The van der Waals surface area contributed by atoms with Gasteiger partial charge in [-0.2, -0.15) is 0 Å². The predicted molar refractivity (Wildman–Crippen MR) is 82.0 cm³/mol. The largest absolute Gasteiger partial charge is 0.456 e. The van der Waals surface area contributed by atoms with E-state index in [1.54, 1.807) is 18.2 Å². The van der Waals surface area contributed by atoms with Crippen molar-refractivity contribution in [3.05, 3.63) is 54.6 Å². The number of hydrogen-bond acceptors (Lipinski definition) is 6. The summed E-state index contributed by atoms with van der Waals surface area (Å²) in [7, 11) is -7.35. The molecule has 0 aliphatic carbocycles. The van der Waals surface area contributed by atoms with Crippen LogP contribution in [0.3, 0.4) is 0 Å². The third kappa shape index (κ3) is 3.96. The van der Waals surface area contributed by atoms with E-state index in [0.29, 0.717) is 0 Å². The predicted octanol–water partition coefficient (Wildman–Crippen LogP) is 1.38. The monoisotopic (exact) mass is 353 g/mol. The second-order valence-corrected chi connectivity index (χ2v) is 8.60. The number of rotatable bonds is 7. The van der Waals surface area contributed by atoms with Gasteiger partial charge < -0.3 is 4.74 Å². The molecule has 0 spiro atoms. The van der Waals surface area contributed by atoms with Gasteiger partial charge in [0.1, 0.15) is 6.61 Å². The van der Waals surface area contributed by atoms with E-state index in [4.69, 9.17) is 0 Å². The van der Waals surface area contributed by atoms with Gasteiger partial charge in [0.15, 0.2) is 9.84 Å². The lowest BCUT2D eigenvalue weighted by molar-refractivity contribution is 0.297. The van der Waals surface area contributed by atoms with E-state index < -0.39 is 25.4 Å². The maximum Gasteiger partial charge on any atom is 0.417 e. The number of carbonyl (C=O) groups excluding carboxylic acids is 1. The molecule has 6 nitrogen and oxygen atoms in total. The molecule has 0 amide bonds. The summed E-state index contributed by atoms with van der Waals surface area (Å²) in [5.41, 5.74) is 0. The first kappa shape index (κ1) is 17.2. The van der Waals surface area contributed by atoms with Gasteiger partial charge in [-0.1, -0.05) is 18.2 Å². The van der Waals surface area contributed by atoms with Gasteiger partial charge >= 0.3 is 6.47 Å². The topological polar surface area (TPSA) is 94.6 Å². The van der Waals surface area contributed by atoms with E-state index in [9.17, 15) is 21.6 Å². The van der Waals surface area contributed by atoms with Crippen LogP contribution in [0.2, 0.25) is 0 Å². The summed E-state index contributed by atoms with van der Waals surface area (Å²) in [4.78, 5) is 10.00. The summed E-state index contributed by atoms with van der Waals surface area (Å²) < 4.78 is 53.0. The van der Waals surface area contributed by atoms with Crippen LogP contribution in [0.4, 0.5) is 0 Å². The van der Waals surface area contributed by atoms with Gasteiger partial charge in [-0.3, -0.25) is 0 Å². The molecular weight excluding hydrogens is 340 g/mol. The molecule has 0 aliphatic heterocycles. The van der Waals surface area contributed by atoms with Crippen LogP contribution in [0.15, 0.2) is 69.3 Å². The Morgan fingerprint density at radius 3 is 1.87 bits per heavy atom. The number of benzene rings is 2. The van der Waals surface area contributed by atoms with E-state index in [2.05, 4.69) is 4.74 Å². The molecule has 8 heteroatoms. The second-order valence-electron chi connectivity index (χ2n) is 4.54. The molecule has 23 heavy (non-hydrogen) atoms. The van der Waals surface area contributed by atoms with Gasteiger partial charge in [0.2, 0.25) is 9.84 Å². The first-order valence-electron chi connectivity index (χ1n) is 6.50. The zero-order chi connectivity index (χ0) is 16.9. The summed E-state index contributed by atoms with van der Waals surface area (Å²) in [5, 5.41) is 0. The zero-order valence-electron chi connectivity index (χ0n) is 11.9. The van der Waals surface area contributed by atoms with Crippen LogP contribution < -0.4 is 0 Å². The summed E-state index contributed by atoms with van der Waals surface area (Å²) in [6.45, 7) is 0.836. The van der Waals surface area contributed by atoms with Crippen molar-refractivity contribution in [2.45, 2.75) is 14.7 Å². The minimum atomic E-state index is -3.69. The van der Waals surface area contributed by atoms with Crippen LogP contribution >= 0.6 is 0 Å². The number of hydrogen-bond donors (Lipinski definition) is 0. The van der Waals surface area contributed by atoms with Gasteiger partial charge in [0, 0.05) is 0 Å². The fourth-order valence-electron chi connectivity index (χ4n) is 1.87. The van der Waals surface area contributed by atoms with Crippen LogP contribution in [0.5, 0.6) is 0 Å². The molecule has 0 aromatic heterocycles. The van der Waals surface area contributed by atoms with Crippen molar-refractivity contribution < 1.29 is 26.4 Å². The van der Waals surface area contributed by atoms with Crippen LogP contribution in [0.25, 0.3) is 0 Å². The average molecular weight is 353 g/mol. The Kier molecular flexibility index (Phi) is 5.17. The zero-order valence-corrected chi connectivity index (χ0v) is 13.5. The Balaban J connectivity index is 2.28. The van der Waals surface area contributed by atoms with Crippen LogP contribution in [0, 0.1) is 0 Å². The molecular formula is C15H13O6S2. The van der Waals surface area contributed by atoms with Crippen LogP contribution in [-0.2, 0) is 29.2 Å². The first-order valence-corrected chi connectivity index (χ1v) is 9.63. The first-order chi connectivity index (χ1) is 10.9. The minimum absolute atomic E-state index is 0.000116. The molecule has 0 heterocycles. The molecule has 2 rings (SSSR count). The van der Waals surface area contributed by atoms with Gasteiger partial charge in [0.25, 0.3) is 0 Å². The Hall–Kier alpha value is -2.19. The molecule has 0 fully saturated rings.